The molecule has 1 saturated heterocycles. The summed E-state index contributed by atoms with van der Waals surface area (Å²) < 4.78 is 54.0. The number of para-hydroxylation sites is 1. The van der Waals surface area contributed by atoms with Crippen molar-refractivity contribution in [3.8, 4) is 17.1 Å². The third-order valence-corrected chi connectivity index (χ3v) is 6.03. The van der Waals surface area contributed by atoms with Crippen LogP contribution in [0.1, 0.15) is 0 Å². The van der Waals surface area contributed by atoms with Crippen molar-refractivity contribution >= 4 is 37.9 Å². The number of hydrogen-bond acceptors (Lipinski definition) is 9. The Labute approximate surface area is 209 Å². The minimum Gasteiger partial charge on any atom is -0.338 e. The Kier molecular flexibility index (Phi) is 8.56. The quantitative estimate of drug-likeness (QED) is 0.342. The van der Waals surface area contributed by atoms with Crippen LogP contribution in [-0.4, -0.2) is 91.3 Å². The zero-order valence-electron chi connectivity index (χ0n) is 19.4. The summed E-state index contributed by atoms with van der Waals surface area (Å²) in [6, 6.07) is 17.0. The molecule has 14 heteroatoms. The predicted octanol–water partition coefficient (Wildman–Crippen LogP) is 2.16. The molecule has 11 nitrogen and oxygen atoms in total. The number of nitrogens with zero attached hydrogens (tertiary/aromatic N) is 5. The molecule has 3 aromatic rings. The first kappa shape index (κ1) is 27.1. The minimum atomic E-state index is -3.67. The monoisotopic (exact) mass is 541 g/mol. The Balaban J connectivity index is 0.000000293. The number of piperazine rings is 1. The zero-order chi connectivity index (χ0) is 25.8. The Morgan fingerprint density at radius 1 is 0.800 bits per heavy atom. The van der Waals surface area contributed by atoms with Gasteiger partial charge in [-0.15, -0.1) is 10.2 Å². The van der Waals surface area contributed by atoms with Gasteiger partial charge in [-0.05, 0) is 25.2 Å². The largest absolute Gasteiger partial charge is 0.338 e. The molecule has 2 N–H and O–H groups in total. The highest BCUT2D eigenvalue weighted by Gasteiger charge is 2.27. The van der Waals surface area contributed by atoms with Gasteiger partial charge in [0.1, 0.15) is 0 Å². The van der Waals surface area contributed by atoms with Crippen LogP contribution in [0.25, 0.3) is 17.1 Å². The Hall–Kier alpha value is -2.49. The lowest BCUT2D eigenvalue weighted by molar-refractivity contribution is 0.310. The summed E-state index contributed by atoms with van der Waals surface area (Å²) in [6.07, 6.45) is 1.43. The lowest BCUT2D eigenvalue weighted by Crippen LogP contribution is -2.45. The van der Waals surface area contributed by atoms with Crippen LogP contribution < -0.4 is 4.90 Å². The maximum atomic E-state index is 9.19. The van der Waals surface area contributed by atoms with E-state index in [0.717, 1.165) is 49.2 Å². The smallest absolute Gasteiger partial charge is 0.261 e. The Morgan fingerprint density at radius 2 is 1.31 bits per heavy atom. The second-order valence-corrected chi connectivity index (χ2v) is 12.0. The number of benzene rings is 2. The number of aromatic nitrogens is 3. The summed E-state index contributed by atoms with van der Waals surface area (Å²) in [6.45, 7) is 4.06. The molecule has 0 amide bonds. The van der Waals surface area contributed by atoms with Crippen LogP contribution in [0, 0.1) is 0 Å². The third kappa shape index (κ3) is 8.02. The topological polar surface area (TPSA) is 146 Å². The van der Waals surface area contributed by atoms with Gasteiger partial charge in [-0.1, -0.05) is 42.1 Å². The SMILES string of the molecule is CN1CCN(c2nnc3n2-c2ccccc2Sc2ccccc2-3)CC1.CS(=O)(=O)O.CS(=O)(=O)O. The number of hydrogen-bond donors (Lipinski definition) is 2. The van der Waals surface area contributed by atoms with Crippen LogP contribution >= 0.6 is 11.8 Å². The highest BCUT2D eigenvalue weighted by molar-refractivity contribution is 7.99. The first-order chi connectivity index (χ1) is 16.3. The van der Waals surface area contributed by atoms with E-state index in [-0.39, 0.29) is 0 Å². The maximum absolute atomic E-state index is 9.19. The van der Waals surface area contributed by atoms with E-state index >= 15 is 0 Å². The Bertz CT molecular complexity index is 1340. The van der Waals surface area contributed by atoms with Gasteiger partial charge in [0, 0.05) is 41.5 Å². The van der Waals surface area contributed by atoms with Crippen molar-refractivity contribution in [3.63, 3.8) is 0 Å². The molecule has 35 heavy (non-hydrogen) atoms. The molecular formula is C21H27N5O6S3. The van der Waals surface area contributed by atoms with E-state index in [0.29, 0.717) is 12.5 Å². The predicted molar refractivity (Wildman–Crippen MR) is 136 cm³/mol. The van der Waals surface area contributed by atoms with Crippen molar-refractivity contribution in [1.82, 2.24) is 19.7 Å². The fourth-order valence-electron chi connectivity index (χ4n) is 3.47. The Morgan fingerprint density at radius 3 is 1.91 bits per heavy atom. The van der Waals surface area contributed by atoms with E-state index in [4.69, 9.17) is 9.11 Å². The second kappa shape index (κ2) is 11.1. The molecule has 0 saturated carbocycles. The fourth-order valence-corrected chi connectivity index (χ4v) is 4.53. The normalized spacial score (nSPS) is 15.3. The van der Waals surface area contributed by atoms with Crippen LogP contribution in [0.15, 0.2) is 58.3 Å². The van der Waals surface area contributed by atoms with Crippen molar-refractivity contribution in [2.45, 2.75) is 9.79 Å². The van der Waals surface area contributed by atoms with Gasteiger partial charge in [0.15, 0.2) is 5.82 Å². The summed E-state index contributed by atoms with van der Waals surface area (Å²) in [7, 11) is -5.16. The summed E-state index contributed by atoms with van der Waals surface area (Å²) in [5, 5.41) is 9.19. The lowest BCUT2D eigenvalue weighted by atomic mass is 10.2. The average molecular weight is 542 g/mol. The molecule has 0 aliphatic carbocycles. The van der Waals surface area contributed by atoms with E-state index in [1.54, 1.807) is 11.8 Å². The number of likely N-dealkylation sites (N-methyl/N-ethyl adjacent to an activating group) is 1. The molecule has 0 atom stereocenters. The van der Waals surface area contributed by atoms with Crippen LogP contribution in [0.4, 0.5) is 5.95 Å². The summed E-state index contributed by atoms with van der Waals surface area (Å²) >= 11 is 1.80. The van der Waals surface area contributed by atoms with Crippen LogP contribution in [0.5, 0.6) is 0 Å². The highest BCUT2D eigenvalue weighted by atomic mass is 32.2. The molecule has 0 spiro atoms. The van der Waals surface area contributed by atoms with Gasteiger partial charge in [-0.2, -0.15) is 16.8 Å². The second-order valence-electron chi connectivity index (χ2n) is 7.98. The first-order valence-electron chi connectivity index (χ1n) is 10.4. The highest BCUT2D eigenvalue weighted by Crippen LogP contribution is 2.43. The molecule has 1 fully saturated rings. The van der Waals surface area contributed by atoms with Gasteiger partial charge in [0.05, 0.1) is 18.2 Å². The van der Waals surface area contributed by atoms with E-state index in [1.807, 2.05) is 0 Å². The summed E-state index contributed by atoms with van der Waals surface area (Å²) in [5.41, 5.74) is 2.31. The van der Waals surface area contributed by atoms with Crippen molar-refractivity contribution in [3.05, 3.63) is 48.5 Å². The first-order valence-corrected chi connectivity index (χ1v) is 14.9. The molecule has 5 rings (SSSR count). The maximum Gasteiger partial charge on any atom is 0.261 e. The molecule has 190 valence electrons. The number of anilines is 1. The van der Waals surface area contributed by atoms with E-state index < -0.39 is 20.2 Å². The summed E-state index contributed by atoms with van der Waals surface area (Å²) in [5.74, 6) is 1.88. The molecule has 2 aromatic carbocycles. The molecule has 2 aliphatic heterocycles. The number of fused-ring (bicyclic) bond motifs is 5. The van der Waals surface area contributed by atoms with Crippen molar-refractivity contribution in [2.24, 2.45) is 0 Å². The molecule has 0 unspecified atom stereocenters. The van der Waals surface area contributed by atoms with Gasteiger partial charge in [-0.3, -0.25) is 13.7 Å². The molecule has 2 aliphatic rings. The van der Waals surface area contributed by atoms with Crippen molar-refractivity contribution in [1.29, 1.82) is 0 Å². The average Bonchev–Trinajstić information content (AvgIpc) is 3.12. The van der Waals surface area contributed by atoms with Crippen LogP contribution in [0.3, 0.4) is 0 Å². The van der Waals surface area contributed by atoms with Gasteiger partial charge in [0.25, 0.3) is 20.2 Å². The summed E-state index contributed by atoms with van der Waals surface area (Å²) in [4.78, 5) is 7.18. The van der Waals surface area contributed by atoms with Gasteiger partial charge < -0.3 is 9.80 Å². The molecule has 0 bridgehead atoms. The van der Waals surface area contributed by atoms with Crippen molar-refractivity contribution < 1.29 is 25.9 Å². The van der Waals surface area contributed by atoms with E-state index in [9.17, 15) is 16.8 Å². The molecule has 0 radical (unpaired) electrons. The van der Waals surface area contributed by atoms with Crippen molar-refractivity contribution in [2.75, 3.05) is 50.6 Å². The fraction of sp³-hybridized carbons (Fsp3) is 0.333. The number of rotatable bonds is 1. The lowest BCUT2D eigenvalue weighted by Gasteiger charge is -2.33. The van der Waals surface area contributed by atoms with Gasteiger partial charge in [-0.25, -0.2) is 0 Å². The molecule has 1 aromatic heterocycles. The molecular weight excluding hydrogens is 514 g/mol. The minimum absolute atomic E-state index is 0.715. The van der Waals surface area contributed by atoms with E-state index in [1.165, 1.54) is 9.79 Å². The van der Waals surface area contributed by atoms with Gasteiger partial charge in [0.2, 0.25) is 5.95 Å². The van der Waals surface area contributed by atoms with Gasteiger partial charge >= 0.3 is 0 Å². The third-order valence-electron chi connectivity index (χ3n) is 4.89. The van der Waals surface area contributed by atoms with E-state index in [2.05, 4.69) is 80.1 Å². The standard InChI is InChI=1S/C19H19N5S.2CH4O3S/c1-22-10-12-23(13-11-22)19-21-20-18-14-6-2-4-8-16(14)25-17-9-5-3-7-15(17)24(18)19;2*1-5(2,3)4/h2-9H,10-13H2,1H3;2*1H3,(H,2,3,4). The zero-order valence-corrected chi connectivity index (χ0v) is 21.9. The van der Waals surface area contributed by atoms with Crippen LogP contribution in [0.2, 0.25) is 0 Å². The van der Waals surface area contributed by atoms with Crippen LogP contribution in [-0.2, 0) is 20.2 Å². The molecule has 3 heterocycles.